The van der Waals surface area contributed by atoms with Crippen molar-refractivity contribution >= 4 is 21.8 Å². The van der Waals surface area contributed by atoms with Crippen LogP contribution in [0, 0.1) is 12.8 Å². The van der Waals surface area contributed by atoms with Crippen LogP contribution >= 0.6 is 15.9 Å². The molecule has 0 spiro atoms. The standard InChI is InChI=1S/C13H19BrN2O/c1-9(2)6-12(7-14)16-13(17)11-5-4-10(3)15-8-11/h4-5,8-9,12H,6-7H2,1-3H3,(H,16,17). The maximum atomic E-state index is 11.9. The number of pyridine rings is 1. The summed E-state index contributed by atoms with van der Waals surface area (Å²) < 4.78 is 0. The van der Waals surface area contributed by atoms with E-state index in [1.54, 1.807) is 12.3 Å². The maximum absolute atomic E-state index is 11.9. The minimum atomic E-state index is -0.0531. The lowest BCUT2D eigenvalue weighted by molar-refractivity contribution is 0.0937. The van der Waals surface area contributed by atoms with Gasteiger partial charge in [0.1, 0.15) is 0 Å². The number of aromatic nitrogens is 1. The summed E-state index contributed by atoms with van der Waals surface area (Å²) in [6.45, 7) is 6.20. The first-order valence-electron chi connectivity index (χ1n) is 5.82. The Balaban J connectivity index is 2.61. The molecule has 1 unspecified atom stereocenters. The molecule has 1 atom stereocenters. The molecule has 1 aromatic rings. The van der Waals surface area contributed by atoms with E-state index in [0.29, 0.717) is 11.5 Å². The van der Waals surface area contributed by atoms with Gasteiger partial charge in [-0.15, -0.1) is 0 Å². The maximum Gasteiger partial charge on any atom is 0.253 e. The van der Waals surface area contributed by atoms with Crippen LogP contribution in [-0.4, -0.2) is 22.3 Å². The van der Waals surface area contributed by atoms with E-state index in [-0.39, 0.29) is 11.9 Å². The van der Waals surface area contributed by atoms with E-state index in [1.165, 1.54) is 0 Å². The summed E-state index contributed by atoms with van der Waals surface area (Å²) in [4.78, 5) is 16.1. The topological polar surface area (TPSA) is 42.0 Å². The van der Waals surface area contributed by atoms with Crippen LogP contribution in [0.3, 0.4) is 0 Å². The highest BCUT2D eigenvalue weighted by molar-refractivity contribution is 9.09. The number of halogens is 1. The summed E-state index contributed by atoms with van der Waals surface area (Å²) in [5.74, 6) is 0.511. The molecule has 0 aliphatic rings. The number of carbonyl (C=O) groups excluding carboxylic acids is 1. The molecule has 1 amide bonds. The number of nitrogens with one attached hydrogen (secondary N) is 1. The Hall–Kier alpha value is -0.900. The van der Waals surface area contributed by atoms with Crippen LogP contribution in [0.4, 0.5) is 0 Å². The number of hydrogen-bond acceptors (Lipinski definition) is 2. The summed E-state index contributed by atoms with van der Waals surface area (Å²) in [5.41, 5.74) is 1.53. The second-order valence-corrected chi connectivity index (χ2v) is 5.29. The van der Waals surface area contributed by atoms with E-state index in [4.69, 9.17) is 0 Å². The van der Waals surface area contributed by atoms with Crippen LogP contribution in [0.5, 0.6) is 0 Å². The molecule has 1 N–H and O–H groups in total. The van der Waals surface area contributed by atoms with Gasteiger partial charge in [-0.2, -0.15) is 0 Å². The molecule has 94 valence electrons. The molecule has 0 aliphatic carbocycles. The van der Waals surface area contributed by atoms with E-state index < -0.39 is 0 Å². The lowest BCUT2D eigenvalue weighted by atomic mass is 10.0. The van der Waals surface area contributed by atoms with E-state index in [0.717, 1.165) is 17.4 Å². The van der Waals surface area contributed by atoms with E-state index >= 15 is 0 Å². The number of alkyl halides is 1. The van der Waals surface area contributed by atoms with E-state index in [2.05, 4.69) is 40.1 Å². The fourth-order valence-electron chi connectivity index (χ4n) is 1.60. The van der Waals surface area contributed by atoms with Crippen molar-refractivity contribution in [3.63, 3.8) is 0 Å². The third kappa shape index (κ3) is 4.86. The molecule has 0 saturated heterocycles. The number of amides is 1. The third-order valence-electron chi connectivity index (χ3n) is 2.45. The van der Waals surface area contributed by atoms with Crippen molar-refractivity contribution in [1.29, 1.82) is 0 Å². The molecule has 0 fully saturated rings. The second-order valence-electron chi connectivity index (χ2n) is 4.64. The van der Waals surface area contributed by atoms with Gasteiger partial charge in [0.05, 0.1) is 5.56 Å². The Morgan fingerprint density at radius 3 is 2.65 bits per heavy atom. The molecule has 1 aromatic heterocycles. The number of rotatable bonds is 5. The Morgan fingerprint density at radius 1 is 1.47 bits per heavy atom. The fourth-order valence-corrected chi connectivity index (χ4v) is 2.03. The average Bonchev–Trinajstić information content (AvgIpc) is 2.28. The first-order valence-corrected chi connectivity index (χ1v) is 6.94. The summed E-state index contributed by atoms with van der Waals surface area (Å²) in [5, 5.41) is 3.78. The van der Waals surface area contributed by atoms with Gasteiger partial charge in [-0.25, -0.2) is 0 Å². The van der Waals surface area contributed by atoms with E-state index in [9.17, 15) is 4.79 Å². The van der Waals surface area contributed by atoms with Crippen molar-refractivity contribution in [1.82, 2.24) is 10.3 Å². The van der Waals surface area contributed by atoms with Crippen molar-refractivity contribution in [2.75, 3.05) is 5.33 Å². The highest BCUT2D eigenvalue weighted by atomic mass is 79.9. The smallest absolute Gasteiger partial charge is 0.253 e. The summed E-state index contributed by atoms with van der Waals surface area (Å²) in [7, 11) is 0. The van der Waals surface area contributed by atoms with Gasteiger partial charge in [0, 0.05) is 23.3 Å². The van der Waals surface area contributed by atoms with Crippen molar-refractivity contribution < 1.29 is 4.79 Å². The quantitative estimate of drug-likeness (QED) is 0.849. The zero-order valence-electron chi connectivity index (χ0n) is 10.5. The summed E-state index contributed by atoms with van der Waals surface area (Å²) in [6.07, 6.45) is 2.58. The van der Waals surface area contributed by atoms with Gasteiger partial charge in [0.2, 0.25) is 0 Å². The molecule has 0 bridgehead atoms. The predicted molar refractivity (Wildman–Crippen MR) is 73.5 cm³/mol. The van der Waals surface area contributed by atoms with Crippen LogP contribution < -0.4 is 5.32 Å². The Morgan fingerprint density at radius 2 is 2.18 bits per heavy atom. The molecule has 0 aliphatic heterocycles. The minimum absolute atomic E-state index is 0.0531. The molecular formula is C13H19BrN2O. The van der Waals surface area contributed by atoms with Gasteiger partial charge in [-0.05, 0) is 31.4 Å². The largest absolute Gasteiger partial charge is 0.348 e. The first kappa shape index (κ1) is 14.2. The minimum Gasteiger partial charge on any atom is -0.348 e. The molecular weight excluding hydrogens is 280 g/mol. The van der Waals surface area contributed by atoms with Crippen LogP contribution in [-0.2, 0) is 0 Å². The van der Waals surface area contributed by atoms with Crippen molar-refractivity contribution in [2.24, 2.45) is 5.92 Å². The zero-order chi connectivity index (χ0) is 12.8. The van der Waals surface area contributed by atoms with Gasteiger partial charge in [-0.1, -0.05) is 29.8 Å². The molecule has 17 heavy (non-hydrogen) atoms. The van der Waals surface area contributed by atoms with Gasteiger partial charge < -0.3 is 5.32 Å². The van der Waals surface area contributed by atoms with Gasteiger partial charge in [0.25, 0.3) is 5.91 Å². The van der Waals surface area contributed by atoms with Crippen LogP contribution in [0.15, 0.2) is 18.3 Å². The molecule has 4 heteroatoms. The molecule has 3 nitrogen and oxygen atoms in total. The molecule has 0 radical (unpaired) electrons. The summed E-state index contributed by atoms with van der Waals surface area (Å²) >= 11 is 3.43. The Labute approximate surface area is 111 Å². The monoisotopic (exact) mass is 298 g/mol. The number of carbonyl (C=O) groups is 1. The van der Waals surface area contributed by atoms with Crippen molar-refractivity contribution in [3.05, 3.63) is 29.6 Å². The normalized spacial score (nSPS) is 12.5. The first-order chi connectivity index (χ1) is 8.02. The van der Waals surface area contributed by atoms with E-state index in [1.807, 2.05) is 13.0 Å². The lowest BCUT2D eigenvalue weighted by Gasteiger charge is -2.18. The SMILES string of the molecule is Cc1ccc(C(=O)NC(CBr)CC(C)C)cn1. The highest BCUT2D eigenvalue weighted by Gasteiger charge is 2.14. The zero-order valence-corrected chi connectivity index (χ0v) is 12.1. The van der Waals surface area contributed by atoms with Crippen LogP contribution in [0.25, 0.3) is 0 Å². The molecule has 0 aromatic carbocycles. The highest BCUT2D eigenvalue weighted by Crippen LogP contribution is 2.08. The molecule has 1 rings (SSSR count). The van der Waals surface area contributed by atoms with Crippen molar-refractivity contribution in [2.45, 2.75) is 33.2 Å². The van der Waals surface area contributed by atoms with Gasteiger partial charge >= 0.3 is 0 Å². The van der Waals surface area contributed by atoms with Gasteiger partial charge in [0.15, 0.2) is 0 Å². The lowest BCUT2D eigenvalue weighted by Crippen LogP contribution is -2.37. The Kier molecular flexibility index (Phi) is 5.62. The predicted octanol–water partition coefficient (Wildman–Crippen LogP) is 2.93. The average molecular weight is 299 g/mol. The number of hydrogen-bond donors (Lipinski definition) is 1. The van der Waals surface area contributed by atoms with Crippen LogP contribution in [0.1, 0.15) is 36.3 Å². The summed E-state index contributed by atoms with van der Waals surface area (Å²) in [6, 6.07) is 3.82. The molecule has 0 saturated carbocycles. The van der Waals surface area contributed by atoms with Gasteiger partial charge in [-0.3, -0.25) is 9.78 Å². The number of nitrogens with zero attached hydrogens (tertiary/aromatic N) is 1. The number of aryl methyl sites for hydroxylation is 1. The van der Waals surface area contributed by atoms with Crippen molar-refractivity contribution in [3.8, 4) is 0 Å². The van der Waals surface area contributed by atoms with Crippen LogP contribution in [0.2, 0.25) is 0 Å². The molecule has 1 heterocycles. The fraction of sp³-hybridized carbons (Fsp3) is 0.538. The Bertz CT molecular complexity index is 362. The second kappa shape index (κ2) is 6.74. The third-order valence-corrected chi connectivity index (χ3v) is 3.23.